The summed E-state index contributed by atoms with van der Waals surface area (Å²) in [5, 5.41) is 132. The maximum atomic E-state index is 11.0. The second-order valence-corrected chi connectivity index (χ2v) is 10.7. The molecule has 4 fully saturated rings. The smallest absolute Gasteiger partial charge is 0.187 e. The summed E-state index contributed by atoms with van der Waals surface area (Å²) in [5.41, 5.74) is 0. The fraction of sp³-hybridized carbons (Fsp3) is 1.00. The largest absolute Gasteiger partial charge is 0.394 e. The summed E-state index contributed by atoms with van der Waals surface area (Å²) in [6.45, 7) is -2.74. The molecule has 0 amide bonds. The zero-order chi connectivity index (χ0) is 31.7. The third-order valence-electron chi connectivity index (χ3n) is 7.79. The standard InChI is InChI=1S/C23H40O20/c24-1-6-10(28)13(31)16(34)21(40-6)38-4-8-12(30)18(17(35)20(36)39-8)42-23-19(14(32)11(29)7(2-25)41-23)43-22-15(33)9(27)5(26)3-37-22/h5-36H,1-4H2/t5-,6-,7-,8-,9+,10-,11-,12-,13+,14+,15+,16+,17+,18+,19+,20+,21+,22-,23-/m1/s1. The molecule has 4 heterocycles. The SMILES string of the molecule is OC[C@H]1O[C@H](OC[C@H]2O[C@H](O)[C@@H](O)[C@@H](O[C@H]3O[C@H](CO)[C@@H](O)[C@H](O)[C@@H]3O[C@H]3OC[C@@H](O)[C@H](O)[C@@H]3O)[C@@H]2O)[C@@H](O)[C@@H](O)[C@@H]1O. The molecule has 0 aromatic heterocycles. The topological polar surface area (TPSA) is 328 Å². The van der Waals surface area contributed by atoms with E-state index >= 15 is 0 Å². The van der Waals surface area contributed by atoms with E-state index in [0.717, 1.165) is 0 Å². The van der Waals surface area contributed by atoms with E-state index in [1.807, 2.05) is 0 Å². The average Bonchev–Trinajstić information content (AvgIpc) is 2.99. The molecule has 0 saturated carbocycles. The van der Waals surface area contributed by atoms with Gasteiger partial charge in [0.1, 0.15) is 91.6 Å². The van der Waals surface area contributed by atoms with Gasteiger partial charge in [-0.25, -0.2) is 0 Å². The lowest BCUT2D eigenvalue weighted by atomic mass is 9.96. The molecule has 19 atom stereocenters. The van der Waals surface area contributed by atoms with Gasteiger partial charge in [-0.2, -0.15) is 0 Å². The molecule has 43 heavy (non-hydrogen) atoms. The van der Waals surface area contributed by atoms with E-state index in [9.17, 15) is 66.4 Å². The summed E-state index contributed by atoms with van der Waals surface area (Å²) in [6, 6.07) is 0. The van der Waals surface area contributed by atoms with Crippen molar-refractivity contribution in [1.29, 1.82) is 0 Å². The first kappa shape index (κ1) is 35.1. The Bertz CT molecular complexity index is 869. The van der Waals surface area contributed by atoms with Crippen molar-refractivity contribution in [3.05, 3.63) is 0 Å². The highest BCUT2D eigenvalue weighted by Crippen LogP contribution is 2.32. The van der Waals surface area contributed by atoms with Crippen molar-refractivity contribution in [1.82, 2.24) is 0 Å². The zero-order valence-corrected chi connectivity index (χ0v) is 22.5. The molecule has 4 aliphatic rings. The highest BCUT2D eigenvalue weighted by Gasteiger charge is 2.53. The lowest BCUT2D eigenvalue weighted by Gasteiger charge is -2.47. The first-order chi connectivity index (χ1) is 20.3. The number of hydrogen-bond acceptors (Lipinski definition) is 20. The van der Waals surface area contributed by atoms with Gasteiger partial charge in [0.2, 0.25) is 0 Å². The van der Waals surface area contributed by atoms with Crippen LogP contribution in [0.3, 0.4) is 0 Å². The monoisotopic (exact) mass is 636 g/mol. The van der Waals surface area contributed by atoms with Gasteiger partial charge in [-0.1, -0.05) is 0 Å². The second-order valence-electron chi connectivity index (χ2n) is 10.7. The van der Waals surface area contributed by atoms with Gasteiger partial charge in [0.15, 0.2) is 25.2 Å². The summed E-state index contributed by atoms with van der Waals surface area (Å²) in [4.78, 5) is 0. The predicted molar refractivity (Wildman–Crippen MR) is 128 cm³/mol. The Morgan fingerprint density at radius 2 is 1.05 bits per heavy atom. The van der Waals surface area contributed by atoms with Crippen molar-refractivity contribution >= 4 is 0 Å². The van der Waals surface area contributed by atoms with Gasteiger partial charge >= 0.3 is 0 Å². The maximum Gasteiger partial charge on any atom is 0.187 e. The third-order valence-corrected chi connectivity index (χ3v) is 7.79. The van der Waals surface area contributed by atoms with Crippen LogP contribution < -0.4 is 0 Å². The Kier molecular flexibility index (Phi) is 12.0. The molecule has 0 aromatic rings. The van der Waals surface area contributed by atoms with Crippen LogP contribution in [0.1, 0.15) is 0 Å². The minimum atomic E-state index is -2.02. The number of ether oxygens (including phenoxy) is 7. The van der Waals surface area contributed by atoms with Crippen LogP contribution in [-0.4, -0.2) is 210 Å². The van der Waals surface area contributed by atoms with E-state index in [4.69, 9.17) is 33.2 Å². The van der Waals surface area contributed by atoms with Crippen LogP contribution in [0.5, 0.6) is 0 Å². The minimum absolute atomic E-state index is 0.486. The van der Waals surface area contributed by atoms with E-state index in [1.54, 1.807) is 0 Å². The van der Waals surface area contributed by atoms with Gasteiger partial charge in [-0.3, -0.25) is 0 Å². The normalized spacial score (nSPS) is 53.1. The molecule has 0 aliphatic carbocycles. The van der Waals surface area contributed by atoms with Crippen molar-refractivity contribution in [2.75, 3.05) is 26.4 Å². The number of hydrogen-bond donors (Lipinski definition) is 13. The first-order valence-electron chi connectivity index (χ1n) is 13.5. The Balaban J connectivity index is 1.48. The van der Waals surface area contributed by atoms with E-state index in [2.05, 4.69) is 0 Å². The van der Waals surface area contributed by atoms with Gasteiger partial charge in [-0.05, 0) is 0 Å². The first-order valence-corrected chi connectivity index (χ1v) is 13.5. The van der Waals surface area contributed by atoms with E-state index < -0.39 is 143 Å². The lowest BCUT2D eigenvalue weighted by Crippen LogP contribution is -2.66. The average molecular weight is 637 g/mol. The number of aliphatic hydroxyl groups is 13. The van der Waals surface area contributed by atoms with Gasteiger partial charge in [0.25, 0.3) is 0 Å². The summed E-state index contributed by atoms with van der Waals surface area (Å²) in [5.74, 6) is 0. The molecule has 4 rings (SSSR count). The summed E-state index contributed by atoms with van der Waals surface area (Å²) < 4.78 is 37.6. The minimum Gasteiger partial charge on any atom is -0.394 e. The van der Waals surface area contributed by atoms with Crippen LogP contribution in [-0.2, 0) is 33.2 Å². The second kappa shape index (κ2) is 14.7. The van der Waals surface area contributed by atoms with Gasteiger partial charge in [0, 0.05) is 0 Å². The summed E-state index contributed by atoms with van der Waals surface area (Å²) in [6.07, 6.45) is -32.9. The molecular weight excluding hydrogens is 596 g/mol. The highest BCUT2D eigenvalue weighted by atomic mass is 16.8. The molecule has 20 nitrogen and oxygen atoms in total. The quantitative estimate of drug-likeness (QED) is 0.112. The highest BCUT2D eigenvalue weighted by molar-refractivity contribution is 4.96. The van der Waals surface area contributed by atoms with Crippen molar-refractivity contribution in [3.63, 3.8) is 0 Å². The number of rotatable bonds is 9. The molecule has 0 spiro atoms. The molecule has 4 saturated heterocycles. The van der Waals surface area contributed by atoms with Crippen molar-refractivity contribution in [2.24, 2.45) is 0 Å². The predicted octanol–water partition coefficient (Wildman–Crippen LogP) is -9.11. The molecule has 0 aromatic carbocycles. The molecule has 0 unspecified atom stereocenters. The molecule has 4 aliphatic heterocycles. The van der Waals surface area contributed by atoms with Gasteiger partial charge in [-0.15, -0.1) is 0 Å². The van der Waals surface area contributed by atoms with Crippen molar-refractivity contribution in [3.8, 4) is 0 Å². The molecule has 0 radical (unpaired) electrons. The van der Waals surface area contributed by atoms with Crippen LogP contribution in [0, 0.1) is 0 Å². The molecule has 0 bridgehead atoms. The van der Waals surface area contributed by atoms with Crippen LogP contribution in [0.2, 0.25) is 0 Å². The van der Waals surface area contributed by atoms with Crippen LogP contribution in [0.15, 0.2) is 0 Å². The number of aliphatic hydroxyl groups excluding tert-OH is 13. The summed E-state index contributed by atoms with van der Waals surface area (Å²) in [7, 11) is 0. The maximum absolute atomic E-state index is 11.0. The third kappa shape index (κ3) is 7.29. The molecular formula is C23H40O20. The zero-order valence-electron chi connectivity index (χ0n) is 22.5. The van der Waals surface area contributed by atoms with Crippen LogP contribution in [0.25, 0.3) is 0 Å². The van der Waals surface area contributed by atoms with E-state index in [-0.39, 0.29) is 0 Å². The lowest BCUT2D eigenvalue weighted by molar-refractivity contribution is -0.383. The van der Waals surface area contributed by atoms with Gasteiger partial charge < -0.3 is 99.5 Å². The Labute approximate surface area is 243 Å². The molecule has 252 valence electrons. The molecule has 20 heteroatoms. The Hall–Kier alpha value is -0.800. The molecule has 13 N–H and O–H groups in total. The van der Waals surface area contributed by atoms with Crippen molar-refractivity contribution < 1.29 is 99.5 Å². The summed E-state index contributed by atoms with van der Waals surface area (Å²) >= 11 is 0. The fourth-order valence-corrected chi connectivity index (χ4v) is 5.13. The van der Waals surface area contributed by atoms with Crippen LogP contribution in [0.4, 0.5) is 0 Å². The van der Waals surface area contributed by atoms with E-state index in [1.165, 1.54) is 0 Å². The van der Waals surface area contributed by atoms with Gasteiger partial charge in [0.05, 0.1) is 26.4 Å². The van der Waals surface area contributed by atoms with Crippen LogP contribution >= 0.6 is 0 Å². The Morgan fingerprint density at radius 1 is 0.488 bits per heavy atom. The Morgan fingerprint density at radius 3 is 1.67 bits per heavy atom. The fourth-order valence-electron chi connectivity index (χ4n) is 5.13. The van der Waals surface area contributed by atoms with Crippen molar-refractivity contribution in [2.45, 2.75) is 117 Å². The van der Waals surface area contributed by atoms with E-state index in [0.29, 0.717) is 0 Å².